The van der Waals surface area contributed by atoms with Gasteiger partial charge in [-0.05, 0) is 42.5 Å². The van der Waals surface area contributed by atoms with Crippen LogP contribution in [0.4, 0.5) is 5.69 Å². The van der Waals surface area contributed by atoms with Crippen molar-refractivity contribution in [2.24, 2.45) is 5.92 Å². The van der Waals surface area contributed by atoms with Crippen LogP contribution in [0.25, 0.3) is 11.4 Å². The molecule has 7 nitrogen and oxygen atoms in total. The molecule has 1 amide bonds. The Labute approximate surface area is 135 Å². The quantitative estimate of drug-likeness (QED) is 0.912. The summed E-state index contributed by atoms with van der Waals surface area (Å²) in [6, 6.07) is 7.60. The topological polar surface area (TPSA) is 84.0 Å². The van der Waals surface area contributed by atoms with Crippen LogP contribution in [0.3, 0.4) is 0 Å². The number of aromatic nitrogens is 4. The van der Waals surface area contributed by atoms with Gasteiger partial charge in [-0.15, -0.1) is 10.2 Å². The molecule has 1 aliphatic rings. The molecule has 7 heteroatoms. The fourth-order valence-electron chi connectivity index (χ4n) is 2.81. The van der Waals surface area contributed by atoms with Crippen LogP contribution in [-0.2, 0) is 9.53 Å². The van der Waals surface area contributed by atoms with Crippen LogP contribution in [0.5, 0.6) is 0 Å². The lowest BCUT2D eigenvalue weighted by Gasteiger charge is -2.23. The maximum absolute atomic E-state index is 12.4. The number of anilines is 1. The second kappa shape index (κ2) is 7.32. The number of H-pyrrole nitrogens is 1. The number of rotatable bonds is 5. The predicted octanol–water partition coefficient (Wildman–Crippen LogP) is 2.04. The fourth-order valence-corrected chi connectivity index (χ4v) is 2.81. The number of carbonyl (C=O) groups excluding carboxylic acids is 1. The van der Waals surface area contributed by atoms with Crippen molar-refractivity contribution >= 4 is 11.6 Å². The van der Waals surface area contributed by atoms with Gasteiger partial charge >= 0.3 is 0 Å². The lowest BCUT2D eigenvalue weighted by Crippen LogP contribution is -2.27. The molecular formula is C16H21N5O2. The molecule has 0 radical (unpaired) electrons. The predicted molar refractivity (Wildman–Crippen MR) is 85.8 cm³/mol. The van der Waals surface area contributed by atoms with E-state index in [0.717, 1.165) is 43.7 Å². The molecule has 2 aromatic rings. The summed E-state index contributed by atoms with van der Waals surface area (Å²) in [7, 11) is 1.81. The number of nitrogens with one attached hydrogen (secondary N) is 1. The average molecular weight is 315 g/mol. The van der Waals surface area contributed by atoms with Gasteiger partial charge in [0.25, 0.3) is 0 Å². The summed E-state index contributed by atoms with van der Waals surface area (Å²) >= 11 is 0. The highest BCUT2D eigenvalue weighted by molar-refractivity contribution is 5.93. The van der Waals surface area contributed by atoms with E-state index in [1.54, 1.807) is 4.90 Å². The lowest BCUT2D eigenvalue weighted by molar-refractivity contribution is -0.118. The third-order valence-electron chi connectivity index (χ3n) is 4.32. The Bertz CT molecular complexity index is 638. The van der Waals surface area contributed by atoms with Crippen molar-refractivity contribution in [1.82, 2.24) is 20.6 Å². The molecule has 0 saturated carbocycles. The fraction of sp³-hybridized carbons (Fsp3) is 0.500. The molecular weight excluding hydrogens is 294 g/mol. The van der Waals surface area contributed by atoms with Gasteiger partial charge in [-0.3, -0.25) is 4.79 Å². The second-order valence-electron chi connectivity index (χ2n) is 5.83. The van der Waals surface area contributed by atoms with E-state index >= 15 is 0 Å². The molecule has 1 aliphatic heterocycles. The van der Waals surface area contributed by atoms with Gasteiger partial charge in [0.05, 0.1) is 0 Å². The monoisotopic (exact) mass is 315 g/mol. The van der Waals surface area contributed by atoms with Crippen molar-refractivity contribution in [3.63, 3.8) is 0 Å². The molecule has 0 atom stereocenters. The second-order valence-corrected chi connectivity index (χ2v) is 5.83. The molecule has 122 valence electrons. The van der Waals surface area contributed by atoms with Crippen LogP contribution in [0.15, 0.2) is 24.3 Å². The lowest BCUT2D eigenvalue weighted by atomic mass is 9.94. The average Bonchev–Trinajstić information content (AvgIpc) is 3.15. The third-order valence-corrected chi connectivity index (χ3v) is 4.32. The number of tetrazole rings is 1. The van der Waals surface area contributed by atoms with Gasteiger partial charge in [-0.1, -0.05) is 12.1 Å². The highest BCUT2D eigenvalue weighted by Gasteiger charge is 2.18. The zero-order chi connectivity index (χ0) is 16.1. The SMILES string of the molecule is CN(C(=O)CCC1CCOCC1)c1cccc(-c2nn[nH]n2)c1. The summed E-state index contributed by atoms with van der Waals surface area (Å²) in [5, 5.41) is 13.9. The van der Waals surface area contributed by atoms with Gasteiger partial charge in [-0.2, -0.15) is 5.21 Å². The molecule has 0 bridgehead atoms. The molecule has 2 heterocycles. The van der Waals surface area contributed by atoms with Crippen molar-refractivity contribution in [3.8, 4) is 11.4 Å². The van der Waals surface area contributed by atoms with Crippen molar-refractivity contribution < 1.29 is 9.53 Å². The molecule has 1 aromatic heterocycles. The number of hydrogen-bond acceptors (Lipinski definition) is 5. The number of hydrogen-bond donors (Lipinski definition) is 1. The normalized spacial score (nSPS) is 15.5. The summed E-state index contributed by atoms with van der Waals surface area (Å²) in [4.78, 5) is 14.1. The van der Waals surface area contributed by atoms with E-state index in [1.165, 1.54) is 0 Å². The highest BCUT2D eigenvalue weighted by atomic mass is 16.5. The summed E-state index contributed by atoms with van der Waals surface area (Å²) < 4.78 is 5.36. The summed E-state index contributed by atoms with van der Waals surface area (Å²) in [5.74, 6) is 1.25. The number of benzene rings is 1. The Balaban J connectivity index is 1.61. The molecule has 0 unspecified atom stereocenters. The van der Waals surface area contributed by atoms with E-state index in [4.69, 9.17) is 4.74 Å². The third kappa shape index (κ3) is 3.92. The van der Waals surface area contributed by atoms with Crippen LogP contribution in [0, 0.1) is 5.92 Å². The zero-order valence-electron chi connectivity index (χ0n) is 13.2. The van der Waals surface area contributed by atoms with Crippen molar-refractivity contribution in [3.05, 3.63) is 24.3 Å². The van der Waals surface area contributed by atoms with Gasteiger partial charge in [0.1, 0.15) is 0 Å². The van der Waals surface area contributed by atoms with Crippen molar-refractivity contribution in [2.75, 3.05) is 25.2 Å². The van der Waals surface area contributed by atoms with Crippen LogP contribution in [0.2, 0.25) is 0 Å². The van der Waals surface area contributed by atoms with E-state index in [1.807, 2.05) is 31.3 Å². The highest BCUT2D eigenvalue weighted by Crippen LogP contribution is 2.24. The number of ether oxygens (including phenoxy) is 1. The smallest absolute Gasteiger partial charge is 0.226 e. The van der Waals surface area contributed by atoms with Crippen LogP contribution < -0.4 is 4.90 Å². The summed E-state index contributed by atoms with van der Waals surface area (Å²) in [6.07, 6.45) is 3.61. The van der Waals surface area contributed by atoms with E-state index in [0.29, 0.717) is 18.2 Å². The Kier molecular flexibility index (Phi) is 4.97. The number of carbonyl (C=O) groups is 1. The zero-order valence-corrected chi connectivity index (χ0v) is 13.2. The first-order valence-electron chi connectivity index (χ1n) is 7.92. The summed E-state index contributed by atoms with van der Waals surface area (Å²) in [5.41, 5.74) is 1.67. The molecule has 0 aliphatic carbocycles. The first kappa shape index (κ1) is 15.6. The number of nitrogens with zero attached hydrogens (tertiary/aromatic N) is 4. The van der Waals surface area contributed by atoms with Crippen molar-refractivity contribution in [1.29, 1.82) is 0 Å². The number of amides is 1. The molecule has 1 saturated heterocycles. The Morgan fingerprint density at radius 1 is 1.39 bits per heavy atom. The first-order valence-corrected chi connectivity index (χ1v) is 7.92. The Morgan fingerprint density at radius 2 is 2.22 bits per heavy atom. The van der Waals surface area contributed by atoms with E-state index in [2.05, 4.69) is 20.6 Å². The van der Waals surface area contributed by atoms with E-state index in [9.17, 15) is 4.79 Å². The first-order chi connectivity index (χ1) is 11.2. The minimum Gasteiger partial charge on any atom is -0.381 e. The van der Waals surface area contributed by atoms with Gasteiger partial charge in [-0.25, -0.2) is 0 Å². The van der Waals surface area contributed by atoms with Gasteiger partial charge in [0, 0.05) is 37.9 Å². The Morgan fingerprint density at radius 3 is 2.96 bits per heavy atom. The van der Waals surface area contributed by atoms with Crippen LogP contribution in [0.1, 0.15) is 25.7 Å². The molecule has 0 spiro atoms. The summed E-state index contributed by atoms with van der Waals surface area (Å²) in [6.45, 7) is 1.64. The van der Waals surface area contributed by atoms with Gasteiger partial charge in [0.2, 0.25) is 11.7 Å². The molecule has 23 heavy (non-hydrogen) atoms. The largest absolute Gasteiger partial charge is 0.381 e. The molecule has 3 rings (SSSR count). The van der Waals surface area contributed by atoms with E-state index < -0.39 is 0 Å². The minimum absolute atomic E-state index is 0.127. The van der Waals surface area contributed by atoms with Gasteiger partial charge < -0.3 is 9.64 Å². The number of aromatic amines is 1. The van der Waals surface area contributed by atoms with Crippen LogP contribution in [-0.4, -0.2) is 46.8 Å². The standard InChI is InChI=1S/C16H21N5O2/c1-21(15(22)6-5-12-7-9-23-10-8-12)14-4-2-3-13(11-14)16-17-19-20-18-16/h2-4,11-12H,5-10H2,1H3,(H,17,18,19,20). The molecule has 1 fully saturated rings. The minimum atomic E-state index is 0.127. The van der Waals surface area contributed by atoms with Crippen LogP contribution >= 0.6 is 0 Å². The van der Waals surface area contributed by atoms with Gasteiger partial charge in [0.15, 0.2) is 0 Å². The van der Waals surface area contributed by atoms with Crippen molar-refractivity contribution in [2.45, 2.75) is 25.7 Å². The maximum atomic E-state index is 12.4. The molecule has 1 aromatic carbocycles. The maximum Gasteiger partial charge on any atom is 0.226 e. The Hall–Kier alpha value is -2.28. The molecule has 1 N–H and O–H groups in total. The van der Waals surface area contributed by atoms with E-state index in [-0.39, 0.29) is 5.91 Å².